The molecular formula is C20H29N5. The van der Waals surface area contributed by atoms with E-state index in [1.807, 2.05) is 6.07 Å². The molecule has 5 nitrogen and oxygen atoms in total. The Hall–Kier alpha value is -2.30. The number of hydrogen-bond acceptors (Lipinski definition) is 5. The second-order valence-corrected chi connectivity index (χ2v) is 6.78. The van der Waals surface area contributed by atoms with Crippen LogP contribution in [0.15, 0.2) is 36.7 Å². The molecule has 0 bridgehead atoms. The van der Waals surface area contributed by atoms with Crippen LogP contribution in [0.5, 0.6) is 0 Å². The van der Waals surface area contributed by atoms with Crippen molar-refractivity contribution in [1.82, 2.24) is 9.97 Å². The number of hydrogen-bond donors (Lipinski definition) is 1. The number of aromatic nitrogens is 2. The molecule has 1 aromatic heterocycles. The highest BCUT2D eigenvalue weighted by Gasteiger charge is 2.15. The third kappa shape index (κ3) is 4.41. The smallest absolute Gasteiger partial charge is 0.135 e. The van der Waals surface area contributed by atoms with Gasteiger partial charge in [0.2, 0.25) is 0 Å². The van der Waals surface area contributed by atoms with Crippen LogP contribution in [0, 0.1) is 5.92 Å². The average molecular weight is 339 g/mol. The lowest BCUT2D eigenvalue weighted by atomic mass is 9.99. The minimum Gasteiger partial charge on any atom is -0.372 e. The molecule has 3 rings (SSSR count). The van der Waals surface area contributed by atoms with Gasteiger partial charge in [-0.05, 0) is 56.9 Å². The maximum atomic E-state index is 4.37. The van der Waals surface area contributed by atoms with Crippen LogP contribution in [0.1, 0.15) is 33.6 Å². The summed E-state index contributed by atoms with van der Waals surface area (Å²) in [7, 11) is 0. The van der Waals surface area contributed by atoms with Crippen LogP contribution in [0.4, 0.5) is 23.0 Å². The van der Waals surface area contributed by atoms with Crippen LogP contribution in [0.2, 0.25) is 0 Å². The van der Waals surface area contributed by atoms with Gasteiger partial charge >= 0.3 is 0 Å². The highest BCUT2D eigenvalue weighted by Crippen LogP contribution is 2.25. The lowest BCUT2D eigenvalue weighted by Gasteiger charge is -2.32. The maximum Gasteiger partial charge on any atom is 0.135 e. The highest BCUT2D eigenvalue weighted by atomic mass is 15.2. The van der Waals surface area contributed by atoms with Crippen LogP contribution in [-0.4, -0.2) is 36.1 Å². The van der Waals surface area contributed by atoms with Crippen LogP contribution in [0.25, 0.3) is 0 Å². The Balaban J connectivity index is 1.66. The van der Waals surface area contributed by atoms with Gasteiger partial charge in [-0.1, -0.05) is 6.92 Å². The summed E-state index contributed by atoms with van der Waals surface area (Å²) in [5, 5.41) is 3.39. The third-order valence-electron chi connectivity index (χ3n) is 5.03. The molecule has 134 valence electrons. The average Bonchev–Trinajstić information content (AvgIpc) is 2.65. The van der Waals surface area contributed by atoms with Crippen molar-refractivity contribution in [2.75, 3.05) is 41.3 Å². The molecule has 1 aromatic carbocycles. The summed E-state index contributed by atoms with van der Waals surface area (Å²) in [6.07, 6.45) is 4.20. The zero-order valence-electron chi connectivity index (χ0n) is 15.6. The Morgan fingerprint density at radius 1 is 1.08 bits per heavy atom. The Morgan fingerprint density at radius 3 is 2.40 bits per heavy atom. The number of rotatable bonds is 6. The van der Waals surface area contributed by atoms with Crippen molar-refractivity contribution in [2.45, 2.75) is 33.6 Å². The summed E-state index contributed by atoms with van der Waals surface area (Å²) >= 11 is 0. The second kappa shape index (κ2) is 8.19. The molecular weight excluding hydrogens is 310 g/mol. The predicted octanol–water partition coefficient (Wildman–Crippen LogP) is 4.30. The Bertz CT molecular complexity index is 658. The molecule has 1 saturated heterocycles. The van der Waals surface area contributed by atoms with E-state index in [9.17, 15) is 0 Å². The van der Waals surface area contributed by atoms with E-state index in [1.165, 1.54) is 18.5 Å². The molecule has 1 fully saturated rings. The maximum absolute atomic E-state index is 4.37. The van der Waals surface area contributed by atoms with Gasteiger partial charge in [0.05, 0.1) is 0 Å². The highest BCUT2D eigenvalue weighted by molar-refractivity contribution is 5.62. The Morgan fingerprint density at radius 2 is 1.76 bits per heavy atom. The summed E-state index contributed by atoms with van der Waals surface area (Å²) in [6, 6.07) is 10.7. The van der Waals surface area contributed by atoms with E-state index in [4.69, 9.17) is 0 Å². The molecule has 1 aliphatic rings. The number of benzene rings is 1. The van der Waals surface area contributed by atoms with E-state index in [2.05, 4.69) is 70.1 Å². The summed E-state index contributed by atoms with van der Waals surface area (Å²) in [5.41, 5.74) is 2.36. The van der Waals surface area contributed by atoms with Gasteiger partial charge in [0.25, 0.3) is 0 Å². The third-order valence-corrected chi connectivity index (χ3v) is 5.03. The number of piperidine rings is 1. The van der Waals surface area contributed by atoms with Gasteiger partial charge in [-0.25, -0.2) is 9.97 Å². The fourth-order valence-electron chi connectivity index (χ4n) is 3.31. The molecule has 0 spiro atoms. The van der Waals surface area contributed by atoms with E-state index in [1.54, 1.807) is 6.33 Å². The Labute approximate surface area is 151 Å². The first-order valence-corrected chi connectivity index (χ1v) is 9.38. The minimum absolute atomic E-state index is 0.830. The van der Waals surface area contributed by atoms with E-state index in [-0.39, 0.29) is 0 Å². The van der Waals surface area contributed by atoms with Gasteiger partial charge in [-0.2, -0.15) is 0 Å². The lowest BCUT2D eigenvalue weighted by Crippen LogP contribution is -2.32. The number of nitrogens with zero attached hydrogens (tertiary/aromatic N) is 4. The molecule has 0 aliphatic carbocycles. The molecule has 0 amide bonds. The fourth-order valence-corrected chi connectivity index (χ4v) is 3.31. The van der Waals surface area contributed by atoms with Crippen LogP contribution in [-0.2, 0) is 0 Å². The molecule has 25 heavy (non-hydrogen) atoms. The first kappa shape index (κ1) is 17.5. The van der Waals surface area contributed by atoms with Gasteiger partial charge in [0.15, 0.2) is 0 Å². The van der Waals surface area contributed by atoms with Crippen molar-refractivity contribution in [1.29, 1.82) is 0 Å². The SMILES string of the molecule is CCN(CC)c1cc(Nc2ccc(N3CCC(C)CC3)cc2)ncn1. The van der Waals surface area contributed by atoms with Crippen molar-refractivity contribution >= 4 is 23.0 Å². The zero-order valence-corrected chi connectivity index (χ0v) is 15.6. The van der Waals surface area contributed by atoms with Crippen molar-refractivity contribution in [3.8, 4) is 0 Å². The zero-order chi connectivity index (χ0) is 17.6. The molecule has 2 aromatic rings. The molecule has 0 unspecified atom stereocenters. The molecule has 5 heteroatoms. The quantitative estimate of drug-likeness (QED) is 0.850. The first-order valence-electron chi connectivity index (χ1n) is 9.38. The fraction of sp³-hybridized carbons (Fsp3) is 0.500. The molecule has 0 atom stereocenters. The molecule has 1 N–H and O–H groups in total. The Kier molecular flexibility index (Phi) is 5.74. The topological polar surface area (TPSA) is 44.3 Å². The van der Waals surface area contributed by atoms with Crippen molar-refractivity contribution < 1.29 is 0 Å². The normalized spacial score (nSPS) is 15.2. The second-order valence-electron chi connectivity index (χ2n) is 6.78. The summed E-state index contributed by atoms with van der Waals surface area (Å²) in [5.74, 6) is 2.65. The van der Waals surface area contributed by atoms with Crippen molar-refractivity contribution in [3.63, 3.8) is 0 Å². The largest absolute Gasteiger partial charge is 0.372 e. The van der Waals surface area contributed by atoms with Gasteiger partial charge in [0.1, 0.15) is 18.0 Å². The van der Waals surface area contributed by atoms with E-state index < -0.39 is 0 Å². The van der Waals surface area contributed by atoms with Gasteiger partial charge in [-0.3, -0.25) is 0 Å². The number of anilines is 4. The van der Waals surface area contributed by atoms with Gasteiger partial charge in [-0.15, -0.1) is 0 Å². The first-order chi connectivity index (χ1) is 12.2. The van der Waals surface area contributed by atoms with E-state index >= 15 is 0 Å². The van der Waals surface area contributed by atoms with E-state index in [0.717, 1.165) is 49.4 Å². The van der Waals surface area contributed by atoms with Crippen LogP contribution >= 0.6 is 0 Å². The summed E-state index contributed by atoms with van der Waals surface area (Å²) in [6.45, 7) is 10.8. The predicted molar refractivity (Wildman–Crippen MR) is 106 cm³/mol. The molecule has 0 saturated carbocycles. The van der Waals surface area contributed by atoms with Crippen molar-refractivity contribution in [2.24, 2.45) is 5.92 Å². The molecule has 0 radical (unpaired) electrons. The summed E-state index contributed by atoms with van der Waals surface area (Å²) in [4.78, 5) is 13.4. The van der Waals surface area contributed by atoms with E-state index in [0.29, 0.717) is 0 Å². The molecule has 1 aliphatic heterocycles. The minimum atomic E-state index is 0.830. The van der Waals surface area contributed by atoms with Crippen LogP contribution < -0.4 is 15.1 Å². The van der Waals surface area contributed by atoms with Gasteiger partial charge in [0, 0.05) is 43.6 Å². The molecule has 2 heterocycles. The monoisotopic (exact) mass is 339 g/mol. The van der Waals surface area contributed by atoms with Crippen LogP contribution in [0.3, 0.4) is 0 Å². The number of nitrogens with one attached hydrogen (secondary N) is 1. The standard InChI is InChI=1S/C20H29N5/c1-4-24(5-2)20-14-19(21-15-22-20)23-17-6-8-18(9-7-17)25-12-10-16(3)11-13-25/h6-9,14-16H,4-5,10-13H2,1-3H3,(H,21,22,23). The summed E-state index contributed by atoms with van der Waals surface area (Å²) < 4.78 is 0. The van der Waals surface area contributed by atoms with Gasteiger partial charge < -0.3 is 15.1 Å². The lowest BCUT2D eigenvalue weighted by molar-refractivity contribution is 0.438. The van der Waals surface area contributed by atoms with Crippen molar-refractivity contribution in [3.05, 3.63) is 36.7 Å².